The van der Waals surface area contributed by atoms with Gasteiger partial charge in [0.1, 0.15) is 5.69 Å². The molecule has 2 N–H and O–H groups in total. The van der Waals surface area contributed by atoms with E-state index in [4.69, 9.17) is 10.5 Å². The minimum atomic E-state index is -0.0440. The largest absolute Gasteiger partial charge is 0.381 e. The summed E-state index contributed by atoms with van der Waals surface area (Å²) in [6.45, 7) is 2.55. The van der Waals surface area contributed by atoms with Gasteiger partial charge in [0.15, 0.2) is 0 Å². The highest BCUT2D eigenvalue weighted by molar-refractivity contribution is 5.92. The van der Waals surface area contributed by atoms with Crippen LogP contribution in [0.3, 0.4) is 0 Å². The third-order valence-corrected chi connectivity index (χ3v) is 2.80. The maximum atomic E-state index is 12.0. The highest BCUT2D eigenvalue weighted by Gasteiger charge is 2.23. The number of amides is 1. The van der Waals surface area contributed by atoms with Gasteiger partial charge in [0.25, 0.3) is 5.91 Å². The Morgan fingerprint density at radius 3 is 2.82 bits per heavy atom. The Hall–Kier alpha value is -1.40. The molecule has 2 heterocycles. The number of nitrogens with two attached hydrogens (primary N) is 1. The van der Waals surface area contributed by atoms with Crippen molar-refractivity contribution < 1.29 is 9.53 Å². The molecule has 0 aliphatic carbocycles. The second-order valence-electron chi connectivity index (χ2n) is 4.51. The highest BCUT2D eigenvalue weighted by atomic mass is 16.5. The van der Waals surface area contributed by atoms with E-state index in [2.05, 4.69) is 5.10 Å². The number of hydrogen-bond acceptors (Lipinski definition) is 4. The van der Waals surface area contributed by atoms with E-state index in [1.807, 2.05) is 0 Å². The van der Waals surface area contributed by atoms with Crippen molar-refractivity contribution in [1.82, 2.24) is 14.7 Å². The van der Waals surface area contributed by atoms with Gasteiger partial charge in [-0.2, -0.15) is 5.10 Å². The summed E-state index contributed by atoms with van der Waals surface area (Å²) in [5.74, 6) is 0.409. The first kappa shape index (κ1) is 12.1. The molecular formula is C11H18N4O2. The van der Waals surface area contributed by atoms with Crippen LogP contribution < -0.4 is 5.73 Å². The number of rotatable bonds is 4. The molecule has 6 nitrogen and oxygen atoms in total. The summed E-state index contributed by atoms with van der Waals surface area (Å²) in [6, 6.07) is 1.77. The second-order valence-corrected chi connectivity index (χ2v) is 4.51. The predicted octanol–water partition coefficient (Wildman–Crippen LogP) is -0.310. The molecule has 1 aromatic heterocycles. The lowest BCUT2D eigenvalue weighted by Crippen LogP contribution is -2.34. The van der Waals surface area contributed by atoms with Crippen LogP contribution in [0.15, 0.2) is 6.07 Å². The van der Waals surface area contributed by atoms with Crippen molar-refractivity contribution in [3.05, 3.63) is 17.5 Å². The zero-order valence-electron chi connectivity index (χ0n) is 10.2. The Labute approximate surface area is 100 Å². The van der Waals surface area contributed by atoms with Crippen LogP contribution in [0.1, 0.15) is 16.2 Å². The number of aromatic nitrogens is 2. The van der Waals surface area contributed by atoms with Gasteiger partial charge < -0.3 is 15.4 Å². The molecule has 0 spiro atoms. The third-order valence-electron chi connectivity index (χ3n) is 2.80. The highest BCUT2D eigenvalue weighted by Crippen LogP contribution is 2.15. The fourth-order valence-electron chi connectivity index (χ4n) is 1.74. The van der Waals surface area contributed by atoms with Crippen LogP contribution in [0.5, 0.6) is 0 Å². The number of carbonyl (C=O) groups excluding carboxylic acids is 1. The van der Waals surface area contributed by atoms with Crippen LogP contribution in [-0.2, 0) is 17.8 Å². The molecule has 2 rings (SSSR count). The SMILES string of the molecule is CN(C)C(=O)c1cc(CN)nn1CC1COC1. The Morgan fingerprint density at radius 2 is 2.35 bits per heavy atom. The number of hydrogen-bond donors (Lipinski definition) is 1. The fraction of sp³-hybridized carbons (Fsp3) is 0.636. The first-order chi connectivity index (χ1) is 8.11. The van der Waals surface area contributed by atoms with E-state index in [9.17, 15) is 4.79 Å². The number of carbonyl (C=O) groups is 1. The minimum absolute atomic E-state index is 0.0440. The summed E-state index contributed by atoms with van der Waals surface area (Å²) < 4.78 is 6.87. The van der Waals surface area contributed by atoms with Crippen LogP contribution in [0.2, 0.25) is 0 Å². The van der Waals surface area contributed by atoms with Crippen molar-refractivity contribution in [2.75, 3.05) is 27.3 Å². The first-order valence-electron chi connectivity index (χ1n) is 5.68. The molecule has 1 aromatic rings. The molecule has 6 heteroatoms. The van der Waals surface area contributed by atoms with Gasteiger partial charge in [0.2, 0.25) is 0 Å². The third kappa shape index (κ3) is 2.48. The van der Waals surface area contributed by atoms with Gasteiger partial charge in [-0.1, -0.05) is 0 Å². The van der Waals surface area contributed by atoms with E-state index >= 15 is 0 Å². The molecule has 0 unspecified atom stereocenters. The molecule has 0 bridgehead atoms. The molecule has 17 heavy (non-hydrogen) atoms. The summed E-state index contributed by atoms with van der Waals surface area (Å²) in [6.07, 6.45) is 0. The molecule has 0 atom stereocenters. The molecule has 1 amide bonds. The fourth-order valence-corrected chi connectivity index (χ4v) is 1.74. The van der Waals surface area contributed by atoms with Gasteiger partial charge in [0.05, 0.1) is 18.9 Å². The lowest BCUT2D eigenvalue weighted by molar-refractivity contribution is -0.0411. The predicted molar refractivity (Wildman–Crippen MR) is 62.4 cm³/mol. The van der Waals surface area contributed by atoms with Crippen molar-refractivity contribution in [3.8, 4) is 0 Å². The van der Waals surface area contributed by atoms with E-state index < -0.39 is 0 Å². The van der Waals surface area contributed by atoms with Crippen LogP contribution in [0, 0.1) is 5.92 Å². The zero-order valence-corrected chi connectivity index (χ0v) is 10.2. The first-order valence-corrected chi connectivity index (χ1v) is 5.68. The van der Waals surface area contributed by atoms with Crippen molar-refractivity contribution in [2.24, 2.45) is 11.7 Å². The monoisotopic (exact) mass is 238 g/mol. The van der Waals surface area contributed by atoms with Gasteiger partial charge in [-0.3, -0.25) is 9.48 Å². The molecule has 1 fully saturated rings. The van der Waals surface area contributed by atoms with Crippen LogP contribution in [-0.4, -0.2) is 47.9 Å². The maximum absolute atomic E-state index is 12.0. The molecule has 1 saturated heterocycles. The Bertz CT molecular complexity index is 410. The van der Waals surface area contributed by atoms with E-state index in [0.29, 0.717) is 18.2 Å². The summed E-state index contributed by atoms with van der Waals surface area (Å²) in [5.41, 5.74) is 6.91. The van der Waals surface area contributed by atoms with Crippen molar-refractivity contribution in [2.45, 2.75) is 13.1 Å². The molecule has 0 aromatic carbocycles. The molecule has 1 aliphatic heterocycles. The molecule has 94 valence electrons. The Kier molecular flexibility index (Phi) is 3.44. The van der Waals surface area contributed by atoms with E-state index in [1.165, 1.54) is 0 Å². The number of ether oxygens (including phenoxy) is 1. The average Bonchev–Trinajstić information content (AvgIpc) is 2.65. The van der Waals surface area contributed by atoms with E-state index in [1.54, 1.807) is 29.7 Å². The van der Waals surface area contributed by atoms with E-state index in [-0.39, 0.29) is 5.91 Å². The van der Waals surface area contributed by atoms with Gasteiger partial charge in [-0.05, 0) is 6.07 Å². The van der Waals surface area contributed by atoms with Crippen LogP contribution >= 0.6 is 0 Å². The lowest BCUT2D eigenvalue weighted by atomic mass is 10.1. The van der Waals surface area contributed by atoms with Crippen molar-refractivity contribution in [3.63, 3.8) is 0 Å². The minimum Gasteiger partial charge on any atom is -0.381 e. The van der Waals surface area contributed by atoms with Gasteiger partial charge in [0, 0.05) is 33.1 Å². The van der Waals surface area contributed by atoms with Gasteiger partial charge in [-0.15, -0.1) is 0 Å². The Morgan fingerprint density at radius 1 is 1.65 bits per heavy atom. The number of nitrogens with zero attached hydrogens (tertiary/aromatic N) is 3. The molecule has 0 radical (unpaired) electrons. The van der Waals surface area contributed by atoms with Crippen LogP contribution in [0.4, 0.5) is 0 Å². The quantitative estimate of drug-likeness (QED) is 0.781. The van der Waals surface area contributed by atoms with E-state index in [0.717, 1.165) is 25.5 Å². The van der Waals surface area contributed by atoms with Gasteiger partial charge in [-0.25, -0.2) is 0 Å². The normalized spacial score (nSPS) is 15.7. The summed E-state index contributed by atoms with van der Waals surface area (Å²) >= 11 is 0. The summed E-state index contributed by atoms with van der Waals surface area (Å²) in [4.78, 5) is 13.5. The molecule has 1 aliphatic rings. The summed E-state index contributed by atoms with van der Waals surface area (Å²) in [7, 11) is 3.46. The standard InChI is InChI=1S/C11H18N4O2/c1-14(2)11(16)10-3-9(4-12)13-15(10)5-8-6-17-7-8/h3,8H,4-7,12H2,1-2H3. The second kappa shape index (κ2) is 4.85. The molecule has 0 saturated carbocycles. The topological polar surface area (TPSA) is 73.4 Å². The van der Waals surface area contributed by atoms with Crippen molar-refractivity contribution in [1.29, 1.82) is 0 Å². The van der Waals surface area contributed by atoms with Crippen molar-refractivity contribution >= 4 is 5.91 Å². The van der Waals surface area contributed by atoms with Crippen LogP contribution in [0.25, 0.3) is 0 Å². The van der Waals surface area contributed by atoms with Gasteiger partial charge >= 0.3 is 0 Å². The molecular weight excluding hydrogens is 220 g/mol. The smallest absolute Gasteiger partial charge is 0.271 e. The summed E-state index contributed by atoms with van der Waals surface area (Å²) in [5, 5.41) is 4.34. The lowest BCUT2D eigenvalue weighted by Gasteiger charge is -2.26. The maximum Gasteiger partial charge on any atom is 0.271 e. The Balaban J connectivity index is 2.21. The zero-order chi connectivity index (χ0) is 12.4. The average molecular weight is 238 g/mol.